The third kappa shape index (κ3) is 5.90. The van der Waals surface area contributed by atoms with Crippen LogP contribution in [0.3, 0.4) is 0 Å². The van der Waals surface area contributed by atoms with E-state index in [-0.39, 0.29) is 28.0 Å². The minimum atomic E-state index is -4.67. The van der Waals surface area contributed by atoms with E-state index in [9.17, 15) is 21.6 Å². The molecule has 1 N–H and O–H groups in total. The molecule has 0 amide bonds. The second-order valence-electron chi connectivity index (χ2n) is 7.26. The molecule has 1 aromatic heterocycles. The Balaban J connectivity index is 1.58. The van der Waals surface area contributed by atoms with Crippen LogP contribution in [-0.4, -0.2) is 18.2 Å². The zero-order chi connectivity index (χ0) is 25.2. The fourth-order valence-electron chi connectivity index (χ4n) is 3.32. The van der Waals surface area contributed by atoms with Crippen molar-refractivity contribution in [3.63, 3.8) is 0 Å². The zero-order valence-corrected chi connectivity index (χ0v) is 20.0. The monoisotopic (exact) mass is 541 g/mol. The van der Waals surface area contributed by atoms with Gasteiger partial charge in [-0.1, -0.05) is 53.5 Å². The maximum Gasteiger partial charge on any atom is 0.435 e. The summed E-state index contributed by atoms with van der Waals surface area (Å²) in [5, 5.41) is 3.94. The Labute approximate surface area is 209 Å². The molecule has 0 bridgehead atoms. The van der Waals surface area contributed by atoms with Crippen LogP contribution in [-0.2, 0) is 23.7 Å². The number of alkyl halides is 3. The highest BCUT2D eigenvalue weighted by molar-refractivity contribution is 7.73. The number of anilines is 1. The Morgan fingerprint density at radius 3 is 2.20 bits per heavy atom. The van der Waals surface area contributed by atoms with Gasteiger partial charge in [0.05, 0.1) is 15.7 Å². The topological polar surface area (TPSA) is 73.2 Å². The lowest BCUT2D eigenvalue weighted by Gasteiger charge is -2.12. The van der Waals surface area contributed by atoms with Crippen LogP contribution >= 0.6 is 23.2 Å². The quantitative estimate of drug-likeness (QED) is 0.266. The van der Waals surface area contributed by atoms with E-state index in [4.69, 9.17) is 27.9 Å². The summed E-state index contributed by atoms with van der Waals surface area (Å²) in [5.41, 5.74) is 1.09. The van der Waals surface area contributed by atoms with Crippen molar-refractivity contribution >= 4 is 39.8 Å². The van der Waals surface area contributed by atoms with Crippen LogP contribution in [0.15, 0.2) is 72.8 Å². The average Bonchev–Trinajstić information content (AvgIpc) is 3.22. The first-order valence-electron chi connectivity index (χ1n) is 9.96. The van der Waals surface area contributed by atoms with Crippen LogP contribution in [0.2, 0.25) is 10.0 Å². The van der Waals surface area contributed by atoms with E-state index in [0.29, 0.717) is 11.4 Å². The first-order valence-corrected chi connectivity index (χ1v) is 11.9. The van der Waals surface area contributed by atoms with E-state index in [1.807, 2.05) is 6.07 Å². The lowest BCUT2D eigenvalue weighted by molar-refractivity contribution is -0.141. The lowest BCUT2D eigenvalue weighted by atomic mass is 10.1. The second kappa shape index (κ2) is 10.2. The normalized spacial score (nSPS) is 11.6. The predicted molar refractivity (Wildman–Crippen MR) is 129 cm³/mol. The summed E-state index contributed by atoms with van der Waals surface area (Å²) in [6.45, 7) is -0.236. The molecule has 4 rings (SSSR count). The van der Waals surface area contributed by atoms with E-state index in [2.05, 4.69) is 9.82 Å². The van der Waals surface area contributed by atoms with Gasteiger partial charge in [0.25, 0.3) is 0 Å². The summed E-state index contributed by atoms with van der Waals surface area (Å²) in [5.74, 6) is 0.400. The van der Waals surface area contributed by atoms with E-state index in [0.717, 1.165) is 21.9 Å². The first kappa shape index (κ1) is 24.9. The predicted octanol–water partition coefficient (Wildman–Crippen LogP) is 6.38. The van der Waals surface area contributed by atoms with Crippen LogP contribution in [0.4, 0.5) is 18.9 Å². The van der Waals surface area contributed by atoms with Crippen molar-refractivity contribution in [1.29, 1.82) is 0 Å². The van der Waals surface area contributed by atoms with Crippen molar-refractivity contribution in [2.24, 2.45) is 0 Å². The Bertz CT molecular complexity index is 1410. The van der Waals surface area contributed by atoms with E-state index in [1.54, 1.807) is 48.5 Å². The molecular weight excluding hydrogens is 526 g/mol. The van der Waals surface area contributed by atoms with Crippen LogP contribution < -0.4 is 9.46 Å². The number of aromatic nitrogens is 2. The molecule has 0 saturated carbocycles. The van der Waals surface area contributed by atoms with Crippen LogP contribution in [0.5, 0.6) is 5.75 Å². The van der Waals surface area contributed by atoms with Crippen LogP contribution in [0.1, 0.15) is 11.4 Å². The van der Waals surface area contributed by atoms with E-state index >= 15 is 0 Å². The minimum absolute atomic E-state index is 0.0990. The summed E-state index contributed by atoms with van der Waals surface area (Å²) in [6, 6.07) is 19.1. The molecule has 0 unspecified atom stereocenters. The summed E-state index contributed by atoms with van der Waals surface area (Å²) in [7, 11) is -2.78. The first-order chi connectivity index (χ1) is 16.6. The Hall–Kier alpha value is -3.21. The molecule has 0 aliphatic carbocycles. The van der Waals surface area contributed by atoms with Crippen molar-refractivity contribution in [1.82, 2.24) is 9.78 Å². The highest BCUT2D eigenvalue weighted by Gasteiger charge is 2.35. The molecular formula is C23H16Cl2F3N3O3S. The molecule has 0 saturated heterocycles. The van der Waals surface area contributed by atoms with Gasteiger partial charge in [-0.3, -0.25) is 4.72 Å². The van der Waals surface area contributed by atoms with Crippen molar-refractivity contribution < 1.29 is 26.3 Å². The Morgan fingerprint density at radius 2 is 1.57 bits per heavy atom. The van der Waals surface area contributed by atoms with Crippen molar-refractivity contribution in [3.8, 4) is 22.6 Å². The summed E-state index contributed by atoms with van der Waals surface area (Å²) in [4.78, 5) is 0. The van der Waals surface area contributed by atoms with Gasteiger partial charge < -0.3 is 4.74 Å². The number of para-hydroxylation sites is 1. The minimum Gasteiger partial charge on any atom is -0.487 e. The number of nitrogens with zero attached hydrogens (tertiary/aromatic N) is 2. The standard InChI is InChI=1S/C23H16Cl2F3N3O3S/c24-19-5-2-6-20(25)22(19)31-17(12-21(29-31)23(26,27)28)13-34-18-9-7-14(8-10-18)15-3-1-4-16(11-15)30-35(32)33/h1-12,35H,13H2,(H,30,32,33). The summed E-state index contributed by atoms with van der Waals surface area (Å²) in [6.07, 6.45) is -4.67. The van der Waals surface area contributed by atoms with E-state index < -0.39 is 22.8 Å². The fraction of sp³-hybridized carbons (Fsp3) is 0.0870. The zero-order valence-electron chi connectivity index (χ0n) is 17.6. The molecule has 182 valence electrons. The van der Waals surface area contributed by atoms with Crippen molar-refractivity contribution in [2.45, 2.75) is 12.8 Å². The third-order valence-electron chi connectivity index (χ3n) is 4.88. The van der Waals surface area contributed by atoms with Crippen LogP contribution in [0, 0.1) is 0 Å². The smallest absolute Gasteiger partial charge is 0.435 e. The molecule has 3 aromatic carbocycles. The SMILES string of the molecule is O=[SH](=O)Nc1cccc(-c2ccc(OCc3cc(C(F)(F)F)nn3-c3c(Cl)cccc3Cl)cc2)c1. The molecule has 0 aliphatic heterocycles. The number of hydrogen-bond donors (Lipinski definition) is 2. The number of halogens is 5. The molecule has 0 fully saturated rings. The number of thiol groups is 1. The van der Waals surface area contributed by atoms with Crippen molar-refractivity contribution in [3.05, 3.63) is 94.2 Å². The number of ether oxygens (including phenoxy) is 1. The number of rotatable bonds is 7. The molecule has 0 aliphatic rings. The largest absolute Gasteiger partial charge is 0.487 e. The second-order valence-corrected chi connectivity index (χ2v) is 8.82. The molecule has 0 radical (unpaired) electrons. The summed E-state index contributed by atoms with van der Waals surface area (Å²) >= 11 is 12.4. The van der Waals surface area contributed by atoms with E-state index in [1.165, 1.54) is 12.1 Å². The number of nitrogens with one attached hydrogen (secondary N) is 1. The maximum atomic E-state index is 13.3. The molecule has 1 heterocycles. The maximum absolute atomic E-state index is 13.3. The van der Waals surface area contributed by atoms with Gasteiger partial charge in [0.1, 0.15) is 18.0 Å². The molecule has 35 heavy (non-hydrogen) atoms. The van der Waals surface area contributed by atoms with Crippen LogP contribution in [0.25, 0.3) is 16.8 Å². The third-order valence-corrected chi connectivity index (χ3v) is 5.93. The molecule has 12 heteroatoms. The highest BCUT2D eigenvalue weighted by atomic mass is 35.5. The summed E-state index contributed by atoms with van der Waals surface area (Å²) < 4.78 is 70.9. The highest BCUT2D eigenvalue weighted by Crippen LogP contribution is 2.34. The van der Waals surface area contributed by atoms with Gasteiger partial charge in [0.2, 0.25) is 10.9 Å². The van der Waals surface area contributed by atoms with Gasteiger partial charge >= 0.3 is 6.18 Å². The van der Waals surface area contributed by atoms with Gasteiger partial charge in [-0.2, -0.15) is 18.3 Å². The molecule has 4 aromatic rings. The van der Waals surface area contributed by atoms with Crippen molar-refractivity contribution in [2.75, 3.05) is 4.72 Å². The van der Waals surface area contributed by atoms with Gasteiger partial charge in [-0.25, -0.2) is 13.1 Å². The number of benzene rings is 3. The fourth-order valence-corrected chi connectivity index (χ4v) is 4.23. The average molecular weight is 542 g/mol. The Kier molecular flexibility index (Phi) is 7.25. The van der Waals surface area contributed by atoms with Gasteiger partial charge in [0, 0.05) is 5.69 Å². The van der Waals surface area contributed by atoms with Gasteiger partial charge in [0.15, 0.2) is 5.69 Å². The molecule has 6 nitrogen and oxygen atoms in total. The Morgan fingerprint density at radius 1 is 0.914 bits per heavy atom. The molecule has 0 spiro atoms. The van der Waals surface area contributed by atoms with Gasteiger partial charge in [-0.15, -0.1) is 0 Å². The van der Waals surface area contributed by atoms with Gasteiger partial charge in [-0.05, 0) is 53.6 Å². The number of hydrogen-bond acceptors (Lipinski definition) is 4. The molecule has 0 atom stereocenters. The lowest BCUT2D eigenvalue weighted by Crippen LogP contribution is -2.09.